The van der Waals surface area contributed by atoms with E-state index >= 15 is 0 Å². The van der Waals surface area contributed by atoms with Gasteiger partial charge in [-0.15, -0.1) is 11.3 Å². The molecule has 0 spiro atoms. The number of hydrazone groups is 1. The van der Waals surface area contributed by atoms with Crippen LogP contribution in [0.2, 0.25) is 0 Å². The van der Waals surface area contributed by atoms with Crippen molar-refractivity contribution in [3.8, 4) is 22.8 Å². The second-order valence-electron chi connectivity index (χ2n) is 5.37. The number of carboxylic acids is 1. The van der Waals surface area contributed by atoms with E-state index in [0.29, 0.717) is 16.6 Å². The minimum Gasteiger partial charge on any atom is -0.493 e. The van der Waals surface area contributed by atoms with Gasteiger partial charge in [-0.05, 0) is 23.8 Å². The molecule has 0 unspecified atom stereocenters. The highest BCUT2D eigenvalue weighted by Gasteiger charge is 2.07. The molecule has 0 atom stereocenters. The molecule has 0 aliphatic heterocycles. The van der Waals surface area contributed by atoms with Crippen molar-refractivity contribution < 1.29 is 19.4 Å². The third kappa shape index (κ3) is 5.05. The molecule has 2 aromatic carbocycles. The quantitative estimate of drug-likeness (QED) is 0.455. The minimum atomic E-state index is -1.05. The van der Waals surface area contributed by atoms with Crippen LogP contribution in [-0.2, 0) is 4.79 Å². The van der Waals surface area contributed by atoms with Crippen LogP contribution in [0.4, 0.5) is 5.13 Å². The van der Waals surface area contributed by atoms with E-state index in [-0.39, 0.29) is 0 Å². The molecule has 0 amide bonds. The number of anilines is 1. The third-order valence-electron chi connectivity index (χ3n) is 3.49. The Morgan fingerprint density at radius 2 is 2.07 bits per heavy atom. The van der Waals surface area contributed by atoms with Gasteiger partial charge in [0.15, 0.2) is 18.1 Å². The molecule has 1 aromatic heterocycles. The van der Waals surface area contributed by atoms with Crippen LogP contribution in [0.5, 0.6) is 11.5 Å². The van der Waals surface area contributed by atoms with Crippen LogP contribution < -0.4 is 14.9 Å². The molecule has 0 saturated carbocycles. The van der Waals surface area contributed by atoms with Gasteiger partial charge in [-0.3, -0.25) is 5.43 Å². The van der Waals surface area contributed by atoms with E-state index in [1.54, 1.807) is 24.4 Å². The molecule has 2 N–H and O–H groups in total. The number of methoxy groups -OCH3 is 1. The van der Waals surface area contributed by atoms with E-state index in [1.807, 2.05) is 35.7 Å². The Kier molecular flexibility index (Phi) is 6.01. The van der Waals surface area contributed by atoms with E-state index in [9.17, 15) is 4.79 Å². The molecule has 3 aromatic rings. The van der Waals surface area contributed by atoms with Crippen LogP contribution in [0.25, 0.3) is 11.3 Å². The number of aromatic nitrogens is 1. The number of carboxylic acid groups (broad SMARTS) is 1. The summed E-state index contributed by atoms with van der Waals surface area (Å²) >= 11 is 1.46. The third-order valence-corrected chi connectivity index (χ3v) is 4.23. The Bertz CT molecular complexity index is 941. The zero-order valence-corrected chi connectivity index (χ0v) is 15.3. The van der Waals surface area contributed by atoms with E-state index in [4.69, 9.17) is 14.6 Å². The van der Waals surface area contributed by atoms with Crippen molar-refractivity contribution in [3.63, 3.8) is 0 Å². The molecule has 0 radical (unpaired) electrons. The highest BCUT2D eigenvalue weighted by atomic mass is 32.1. The van der Waals surface area contributed by atoms with Crippen molar-refractivity contribution in [2.24, 2.45) is 5.10 Å². The number of benzene rings is 2. The normalized spacial score (nSPS) is 10.7. The van der Waals surface area contributed by atoms with Crippen LogP contribution in [-0.4, -0.2) is 36.0 Å². The lowest BCUT2D eigenvalue weighted by atomic mass is 10.2. The maximum Gasteiger partial charge on any atom is 0.341 e. The highest BCUT2D eigenvalue weighted by molar-refractivity contribution is 7.14. The van der Waals surface area contributed by atoms with Gasteiger partial charge in [-0.1, -0.05) is 30.3 Å². The van der Waals surface area contributed by atoms with E-state index in [0.717, 1.165) is 16.8 Å². The van der Waals surface area contributed by atoms with Gasteiger partial charge >= 0.3 is 5.97 Å². The topological polar surface area (TPSA) is 93.0 Å². The summed E-state index contributed by atoms with van der Waals surface area (Å²) in [5.74, 6) is -0.261. The van der Waals surface area contributed by atoms with Crippen molar-refractivity contribution in [1.29, 1.82) is 0 Å². The molecule has 8 heteroatoms. The molecule has 0 saturated heterocycles. The summed E-state index contributed by atoms with van der Waals surface area (Å²) in [4.78, 5) is 15.1. The maximum atomic E-state index is 10.6. The fraction of sp³-hybridized carbons (Fsp3) is 0.105. The smallest absolute Gasteiger partial charge is 0.341 e. The van der Waals surface area contributed by atoms with Crippen LogP contribution in [0.1, 0.15) is 5.56 Å². The molecule has 0 aliphatic carbocycles. The second kappa shape index (κ2) is 8.81. The Morgan fingerprint density at radius 3 is 2.81 bits per heavy atom. The first kappa shape index (κ1) is 18.4. The van der Waals surface area contributed by atoms with Crippen LogP contribution in [0.15, 0.2) is 59.0 Å². The van der Waals surface area contributed by atoms with Gasteiger partial charge in [0.1, 0.15) is 0 Å². The second-order valence-corrected chi connectivity index (χ2v) is 6.22. The first-order chi connectivity index (χ1) is 13.2. The zero-order chi connectivity index (χ0) is 19.1. The van der Waals surface area contributed by atoms with Crippen LogP contribution in [0, 0.1) is 0 Å². The standard InChI is InChI=1S/C19H17N3O4S/c1-25-17-9-13(7-8-16(17)26-11-18(23)24)10-20-22-19-21-15(12-27-19)14-5-3-2-4-6-14/h2-10,12H,11H2,1H3,(H,21,22)(H,23,24). The number of nitrogens with one attached hydrogen (secondary N) is 1. The first-order valence-corrected chi connectivity index (χ1v) is 8.86. The SMILES string of the molecule is COc1cc(C=NNc2nc(-c3ccccc3)cs2)ccc1OCC(=O)O. The Labute approximate surface area is 159 Å². The summed E-state index contributed by atoms with van der Waals surface area (Å²) in [5.41, 5.74) is 5.61. The Morgan fingerprint density at radius 1 is 1.26 bits per heavy atom. The maximum absolute atomic E-state index is 10.6. The van der Waals surface area contributed by atoms with E-state index < -0.39 is 12.6 Å². The predicted octanol–water partition coefficient (Wildman–Crippen LogP) is 3.73. The fourth-order valence-corrected chi connectivity index (χ4v) is 2.92. The number of thiazole rings is 1. The van der Waals surface area contributed by atoms with Gasteiger partial charge in [0.25, 0.3) is 0 Å². The molecule has 0 bridgehead atoms. The van der Waals surface area contributed by atoms with Gasteiger partial charge in [-0.25, -0.2) is 9.78 Å². The molecule has 0 fully saturated rings. The van der Waals surface area contributed by atoms with Crippen molar-refractivity contribution in [2.75, 3.05) is 19.1 Å². The van der Waals surface area contributed by atoms with Crippen LogP contribution in [0.3, 0.4) is 0 Å². The number of hydrogen-bond donors (Lipinski definition) is 2. The largest absolute Gasteiger partial charge is 0.493 e. The number of hydrogen-bond acceptors (Lipinski definition) is 7. The van der Waals surface area contributed by atoms with E-state index in [1.165, 1.54) is 18.4 Å². The summed E-state index contributed by atoms with van der Waals surface area (Å²) in [6.45, 7) is -0.431. The summed E-state index contributed by atoms with van der Waals surface area (Å²) in [5, 5.41) is 15.5. The molecular weight excluding hydrogens is 366 g/mol. The van der Waals surface area contributed by atoms with Crippen molar-refractivity contribution in [3.05, 3.63) is 59.5 Å². The molecule has 0 aliphatic rings. The highest BCUT2D eigenvalue weighted by Crippen LogP contribution is 2.28. The molecular formula is C19H17N3O4S. The zero-order valence-electron chi connectivity index (χ0n) is 14.5. The molecule has 7 nitrogen and oxygen atoms in total. The number of nitrogens with zero attached hydrogens (tertiary/aromatic N) is 2. The van der Waals surface area contributed by atoms with Crippen LogP contribution >= 0.6 is 11.3 Å². The lowest BCUT2D eigenvalue weighted by molar-refractivity contribution is -0.139. The van der Waals surface area contributed by atoms with Gasteiger partial charge < -0.3 is 14.6 Å². The molecule has 1 heterocycles. The molecule has 27 heavy (non-hydrogen) atoms. The Hall–Kier alpha value is -3.39. The average molecular weight is 383 g/mol. The number of ether oxygens (including phenoxy) is 2. The Balaban J connectivity index is 1.64. The van der Waals surface area contributed by atoms with Crippen molar-refractivity contribution in [2.45, 2.75) is 0 Å². The van der Waals surface area contributed by atoms with Gasteiger partial charge in [0.2, 0.25) is 5.13 Å². The van der Waals surface area contributed by atoms with Gasteiger partial charge in [0.05, 0.1) is 19.0 Å². The van der Waals surface area contributed by atoms with Gasteiger partial charge in [-0.2, -0.15) is 5.10 Å². The monoisotopic (exact) mass is 383 g/mol. The molecule has 138 valence electrons. The number of aliphatic carboxylic acids is 1. The molecule has 3 rings (SSSR count). The van der Waals surface area contributed by atoms with Crippen molar-refractivity contribution in [1.82, 2.24) is 4.98 Å². The van der Waals surface area contributed by atoms with Gasteiger partial charge in [0, 0.05) is 10.9 Å². The predicted molar refractivity (Wildman–Crippen MR) is 105 cm³/mol. The number of carbonyl (C=O) groups is 1. The average Bonchev–Trinajstić information content (AvgIpc) is 3.16. The van der Waals surface area contributed by atoms with E-state index in [2.05, 4.69) is 15.5 Å². The fourth-order valence-electron chi connectivity index (χ4n) is 2.25. The van der Waals surface area contributed by atoms with Crippen molar-refractivity contribution >= 4 is 28.7 Å². The summed E-state index contributed by atoms with van der Waals surface area (Å²) < 4.78 is 10.4. The lowest BCUT2D eigenvalue weighted by Crippen LogP contribution is -2.10. The first-order valence-electron chi connectivity index (χ1n) is 7.98. The summed E-state index contributed by atoms with van der Waals surface area (Å²) in [6, 6.07) is 15.0. The minimum absolute atomic E-state index is 0.359. The lowest BCUT2D eigenvalue weighted by Gasteiger charge is -2.09. The number of rotatable bonds is 8. The summed E-state index contributed by atoms with van der Waals surface area (Å²) in [6.07, 6.45) is 1.62. The summed E-state index contributed by atoms with van der Waals surface area (Å²) in [7, 11) is 1.49.